The number of para-hydroxylation sites is 1. The van der Waals surface area contributed by atoms with Gasteiger partial charge in [-0.25, -0.2) is 14.2 Å². The number of aliphatic hydroxyl groups is 1. The Bertz CT molecular complexity index is 1420. The number of ether oxygens (including phenoxy) is 1. The Labute approximate surface area is 211 Å². The van der Waals surface area contributed by atoms with Gasteiger partial charge in [0.1, 0.15) is 23.4 Å². The van der Waals surface area contributed by atoms with Crippen LogP contribution in [-0.4, -0.2) is 51.5 Å². The predicted octanol–water partition coefficient (Wildman–Crippen LogP) is 3.71. The molecule has 1 aliphatic heterocycles. The highest BCUT2D eigenvalue weighted by atomic mass is 35.5. The van der Waals surface area contributed by atoms with Crippen LogP contribution in [0.15, 0.2) is 41.3 Å². The molecule has 14 heteroatoms. The van der Waals surface area contributed by atoms with E-state index in [1.54, 1.807) is 5.32 Å². The van der Waals surface area contributed by atoms with Crippen LogP contribution in [-0.2, 0) is 4.79 Å². The molecule has 2 N–H and O–H groups in total. The van der Waals surface area contributed by atoms with Gasteiger partial charge < -0.3 is 15.2 Å². The van der Waals surface area contributed by atoms with Crippen LogP contribution >= 0.6 is 11.6 Å². The van der Waals surface area contributed by atoms with E-state index < -0.39 is 53.7 Å². The van der Waals surface area contributed by atoms with Crippen LogP contribution in [0, 0.1) is 5.82 Å². The Morgan fingerprint density at radius 3 is 2.62 bits per heavy atom. The highest BCUT2D eigenvalue weighted by molar-refractivity contribution is 6.32. The number of halogens is 5. The summed E-state index contributed by atoms with van der Waals surface area (Å²) in [4.78, 5) is 43.0. The van der Waals surface area contributed by atoms with Gasteiger partial charge in [0.05, 0.1) is 35.7 Å². The molecule has 9 nitrogen and oxygen atoms in total. The van der Waals surface area contributed by atoms with Crippen LogP contribution in [0.5, 0.6) is 5.75 Å². The van der Waals surface area contributed by atoms with Gasteiger partial charge >= 0.3 is 12.3 Å². The largest absolute Gasteiger partial charge is 0.413 e. The number of carbonyl (C=O) groups is 2. The lowest BCUT2D eigenvalue weighted by Gasteiger charge is -2.20. The lowest BCUT2D eigenvalue weighted by atomic mass is 10.2. The topological polar surface area (TPSA) is 114 Å². The van der Waals surface area contributed by atoms with E-state index >= 15 is 0 Å². The van der Waals surface area contributed by atoms with E-state index in [2.05, 4.69) is 4.98 Å². The van der Waals surface area contributed by atoms with Gasteiger partial charge in [-0.05, 0) is 30.7 Å². The number of fused-ring (bicyclic) bond motifs is 1. The van der Waals surface area contributed by atoms with E-state index in [0.717, 1.165) is 16.8 Å². The molecule has 0 saturated carbocycles. The van der Waals surface area contributed by atoms with Crippen LogP contribution in [0.25, 0.3) is 16.7 Å². The molecule has 3 heterocycles. The molecule has 4 rings (SSSR count). The molecule has 0 spiro atoms. The lowest BCUT2D eigenvalue weighted by molar-refractivity contribution is -0.154. The Balaban J connectivity index is 1.86. The first kappa shape index (κ1) is 26.4. The van der Waals surface area contributed by atoms with Crippen molar-refractivity contribution in [2.45, 2.75) is 38.1 Å². The minimum absolute atomic E-state index is 0.0528. The first-order valence-corrected chi connectivity index (χ1v) is 11.3. The molecule has 0 radical (unpaired) electrons. The van der Waals surface area contributed by atoms with Gasteiger partial charge in [0, 0.05) is 0 Å². The van der Waals surface area contributed by atoms with Crippen molar-refractivity contribution in [1.82, 2.24) is 14.9 Å². The number of hydrogen-bond donors (Lipinski definition) is 2. The van der Waals surface area contributed by atoms with Gasteiger partial charge in [0.15, 0.2) is 11.4 Å². The number of aliphatic hydroxyl groups excluding tert-OH is 1. The standard InChI is InChI=1S/C23H19ClF4N4O5/c1-2-16(23(26,27)28)29-22(36)37-15-10-32(19-13(24)4-3-5-14(19)25)21-12(20(15)35)6-7-17(30-21)31-9-11(33)8-18(31)34/h3-7,10-11,16,33H,2,8-9H2,1H3,(H,29,36)/t11-,16+/m0/s1. The SMILES string of the molecule is CC[C@@H](NC(=O)Oc1cn(-c2c(F)cccc2Cl)c2nc(N3C[C@@H](O)CC3=O)ccc2c1=O)C(F)(F)F. The van der Waals surface area contributed by atoms with Gasteiger partial charge in [-0.3, -0.25) is 19.1 Å². The third kappa shape index (κ3) is 5.23. The maximum Gasteiger partial charge on any atom is 0.413 e. The minimum atomic E-state index is -4.75. The van der Waals surface area contributed by atoms with E-state index in [0.29, 0.717) is 0 Å². The number of carbonyl (C=O) groups excluding carboxylic acids is 2. The first-order chi connectivity index (χ1) is 17.4. The number of hydrogen-bond acceptors (Lipinski definition) is 6. The quantitative estimate of drug-likeness (QED) is 0.475. The average molecular weight is 543 g/mol. The molecule has 196 valence electrons. The molecule has 37 heavy (non-hydrogen) atoms. The fraction of sp³-hybridized carbons (Fsp3) is 0.304. The summed E-state index contributed by atoms with van der Waals surface area (Å²) in [5, 5.41) is 11.1. The first-order valence-electron chi connectivity index (χ1n) is 10.9. The van der Waals surface area contributed by atoms with Crippen molar-refractivity contribution < 1.29 is 37.0 Å². The second-order valence-electron chi connectivity index (χ2n) is 8.20. The zero-order valence-electron chi connectivity index (χ0n) is 19.1. The maximum atomic E-state index is 14.9. The van der Waals surface area contributed by atoms with Crippen molar-refractivity contribution in [2.75, 3.05) is 11.4 Å². The third-order valence-corrected chi connectivity index (χ3v) is 5.97. The fourth-order valence-corrected chi connectivity index (χ4v) is 4.13. The van der Waals surface area contributed by atoms with Gasteiger partial charge in [0.25, 0.3) is 0 Å². The summed E-state index contributed by atoms with van der Waals surface area (Å²) in [7, 11) is 0. The van der Waals surface area contributed by atoms with Gasteiger partial charge in [-0.2, -0.15) is 13.2 Å². The van der Waals surface area contributed by atoms with Crippen molar-refractivity contribution in [3.05, 3.63) is 57.6 Å². The van der Waals surface area contributed by atoms with E-state index in [9.17, 15) is 37.1 Å². The van der Waals surface area contributed by atoms with Crippen LogP contribution in [0.2, 0.25) is 5.02 Å². The molecule has 2 amide bonds. The second-order valence-corrected chi connectivity index (χ2v) is 8.61. The number of nitrogens with one attached hydrogen (secondary N) is 1. The average Bonchev–Trinajstić information content (AvgIpc) is 3.16. The van der Waals surface area contributed by atoms with E-state index in [-0.39, 0.29) is 40.5 Å². The number of aromatic nitrogens is 2. The molecule has 1 fully saturated rings. The third-order valence-electron chi connectivity index (χ3n) is 5.66. The summed E-state index contributed by atoms with van der Waals surface area (Å²) in [5.41, 5.74) is -1.41. The number of β-amino-alcohol motifs (C(OH)–C–C–N with tert-alkyl or cyclic N) is 1. The lowest BCUT2D eigenvalue weighted by Crippen LogP contribution is -2.46. The summed E-state index contributed by atoms with van der Waals surface area (Å²) in [6, 6.07) is 4.05. The second kappa shape index (κ2) is 9.98. The molecule has 1 aliphatic rings. The molecule has 0 bridgehead atoms. The number of amides is 2. The molecule has 0 aliphatic carbocycles. The molecular formula is C23H19ClF4N4O5. The minimum Gasteiger partial charge on any atom is -0.405 e. The highest BCUT2D eigenvalue weighted by Crippen LogP contribution is 2.30. The van der Waals surface area contributed by atoms with Crippen LogP contribution in [0.4, 0.5) is 28.2 Å². The molecular weight excluding hydrogens is 524 g/mol. The van der Waals surface area contributed by atoms with Gasteiger partial charge in [-0.1, -0.05) is 24.6 Å². The van der Waals surface area contributed by atoms with Crippen molar-refractivity contribution in [3.8, 4) is 11.4 Å². The molecule has 1 saturated heterocycles. The van der Waals surface area contributed by atoms with Crippen LogP contribution < -0.4 is 20.4 Å². The van der Waals surface area contributed by atoms with E-state index in [1.165, 1.54) is 36.1 Å². The maximum absolute atomic E-state index is 14.9. The Hall–Kier alpha value is -3.71. The van der Waals surface area contributed by atoms with E-state index in [4.69, 9.17) is 16.3 Å². The number of anilines is 1. The van der Waals surface area contributed by atoms with Gasteiger partial charge in [0.2, 0.25) is 11.3 Å². The fourth-order valence-electron chi connectivity index (χ4n) is 3.88. The molecule has 2 aromatic heterocycles. The molecule has 3 aromatic rings. The summed E-state index contributed by atoms with van der Waals surface area (Å²) >= 11 is 6.20. The summed E-state index contributed by atoms with van der Waals surface area (Å²) in [5.74, 6) is -1.94. The number of alkyl halides is 3. The van der Waals surface area contributed by atoms with E-state index in [1.807, 2.05) is 0 Å². The number of rotatable bonds is 5. The smallest absolute Gasteiger partial charge is 0.405 e. The van der Waals surface area contributed by atoms with Crippen LogP contribution in [0.3, 0.4) is 0 Å². The summed E-state index contributed by atoms with van der Waals surface area (Å²) < 4.78 is 59.9. The highest BCUT2D eigenvalue weighted by Gasteiger charge is 2.40. The summed E-state index contributed by atoms with van der Waals surface area (Å²) in [6.45, 7) is 1.15. The molecule has 2 atom stereocenters. The van der Waals surface area contributed by atoms with Crippen molar-refractivity contribution in [3.63, 3.8) is 0 Å². The zero-order chi connectivity index (χ0) is 27.1. The van der Waals surface area contributed by atoms with Crippen molar-refractivity contribution in [1.29, 1.82) is 0 Å². The van der Waals surface area contributed by atoms with Gasteiger partial charge in [-0.15, -0.1) is 0 Å². The Kier molecular flexibility index (Phi) is 7.11. The predicted molar refractivity (Wildman–Crippen MR) is 125 cm³/mol. The Morgan fingerprint density at radius 1 is 1.30 bits per heavy atom. The molecule has 1 aromatic carbocycles. The van der Waals surface area contributed by atoms with Crippen molar-refractivity contribution >= 4 is 40.5 Å². The summed E-state index contributed by atoms with van der Waals surface area (Å²) in [6.07, 6.45) is -6.97. The number of benzene rings is 1. The number of pyridine rings is 2. The monoisotopic (exact) mass is 542 g/mol. The zero-order valence-corrected chi connectivity index (χ0v) is 19.8. The van der Waals surface area contributed by atoms with Crippen molar-refractivity contribution in [2.24, 2.45) is 0 Å². The number of nitrogens with zero attached hydrogens (tertiary/aromatic N) is 3. The van der Waals surface area contributed by atoms with Crippen LogP contribution in [0.1, 0.15) is 19.8 Å². The Morgan fingerprint density at radius 2 is 2.03 bits per heavy atom. The molecule has 0 unspecified atom stereocenters. The normalized spacial score (nSPS) is 16.8.